The van der Waals surface area contributed by atoms with Crippen LogP contribution in [0, 0.1) is 0 Å². The van der Waals surface area contributed by atoms with E-state index in [0.717, 1.165) is 6.29 Å². The first-order chi connectivity index (χ1) is 9.56. The Labute approximate surface area is 118 Å². The average Bonchev–Trinajstić information content (AvgIpc) is 2.48. The van der Waals surface area contributed by atoms with Crippen molar-refractivity contribution in [3.63, 3.8) is 0 Å². The van der Waals surface area contributed by atoms with E-state index in [4.69, 9.17) is 15.9 Å². The van der Waals surface area contributed by atoms with Crippen LogP contribution in [0.25, 0.3) is 0 Å². The van der Waals surface area contributed by atoms with Gasteiger partial charge in [-0.15, -0.1) is 0 Å². The second-order valence-electron chi connectivity index (χ2n) is 4.32. The standard InChI is InChI=1S/C10H17NO10/c11-10(21)9(20)8(19)7(18)6(17)5(16)4(15)3(14)2(13)1-12/h2-9,11,13-20H/t2-,3-,4+,5-,6-,7-,8+,9-/m1/s1. The van der Waals surface area contributed by atoms with Crippen LogP contribution in [0.2, 0.25) is 0 Å². The summed E-state index contributed by atoms with van der Waals surface area (Å²) >= 11 is 0. The number of nitrogens with one attached hydrogen (secondary N) is 1. The molecular formula is C10H17NO10. The van der Waals surface area contributed by atoms with Gasteiger partial charge in [-0.3, -0.25) is 15.3 Å². The van der Waals surface area contributed by atoms with E-state index in [-0.39, 0.29) is 0 Å². The first kappa shape index (κ1) is 19.8. The zero-order valence-corrected chi connectivity index (χ0v) is 10.5. The minimum absolute atomic E-state index is 0.906. The number of hydrogen-bond donors (Lipinski definition) is 8. The molecule has 122 valence electrons. The molecule has 11 nitrogen and oxygen atoms in total. The molecule has 0 aliphatic rings. The van der Waals surface area contributed by atoms with Crippen molar-refractivity contribution >= 4 is 12.2 Å². The van der Waals surface area contributed by atoms with Gasteiger partial charge >= 0.3 is 0 Å². The van der Waals surface area contributed by atoms with Crippen LogP contribution in [0.5, 0.6) is 0 Å². The van der Waals surface area contributed by atoms with Gasteiger partial charge in [0.15, 0.2) is 6.10 Å². The van der Waals surface area contributed by atoms with Crippen molar-refractivity contribution in [3.05, 3.63) is 0 Å². The van der Waals surface area contributed by atoms with Crippen molar-refractivity contribution in [1.82, 2.24) is 5.73 Å². The predicted octanol–water partition coefficient (Wildman–Crippen LogP) is -6.21. The molecule has 0 fully saturated rings. The first-order valence-electron chi connectivity index (χ1n) is 5.63. The van der Waals surface area contributed by atoms with Crippen LogP contribution in [0.15, 0.2) is 0 Å². The van der Waals surface area contributed by atoms with E-state index in [2.05, 4.69) is 0 Å². The van der Waals surface area contributed by atoms with Gasteiger partial charge in [-0.1, -0.05) is 0 Å². The number of carbonyl (C=O) groups excluding carboxylic acids is 2. The van der Waals surface area contributed by atoms with Gasteiger partial charge in [0.25, 0.3) is 5.91 Å². The highest BCUT2D eigenvalue weighted by Crippen LogP contribution is 2.14. The highest BCUT2D eigenvalue weighted by atomic mass is 16.4. The Bertz CT molecular complexity index is 353. The molecule has 9 N–H and O–H groups in total. The molecule has 0 aliphatic heterocycles. The summed E-state index contributed by atoms with van der Waals surface area (Å²) in [5.74, 6) is -1.67. The molecule has 0 aromatic rings. The lowest BCUT2D eigenvalue weighted by Gasteiger charge is -2.32. The van der Waals surface area contributed by atoms with Crippen LogP contribution < -0.4 is 5.73 Å². The van der Waals surface area contributed by atoms with Gasteiger partial charge in [-0.2, -0.15) is 0 Å². The van der Waals surface area contributed by atoms with Crippen molar-refractivity contribution in [3.8, 4) is 0 Å². The average molecular weight is 311 g/mol. The number of hydrogen-bond acceptors (Lipinski definition) is 10. The molecule has 1 amide bonds. The predicted molar refractivity (Wildman–Crippen MR) is 61.9 cm³/mol. The van der Waals surface area contributed by atoms with Crippen LogP contribution in [-0.4, -0.2) is 102 Å². The van der Waals surface area contributed by atoms with Crippen LogP contribution in [0.1, 0.15) is 0 Å². The lowest BCUT2D eigenvalue weighted by atomic mass is 9.93. The van der Waals surface area contributed by atoms with Crippen molar-refractivity contribution in [2.45, 2.75) is 48.8 Å². The molecule has 0 aromatic carbocycles. The molecule has 0 aliphatic carbocycles. The van der Waals surface area contributed by atoms with Gasteiger partial charge in [0.05, 0.1) is 0 Å². The summed E-state index contributed by atoms with van der Waals surface area (Å²) in [6.45, 7) is 0. The Morgan fingerprint density at radius 2 is 1.05 bits per heavy atom. The molecule has 0 spiro atoms. The largest absolute Gasteiger partial charge is 0.387 e. The molecule has 2 radical (unpaired) electrons. The third-order valence-electron chi connectivity index (χ3n) is 2.79. The molecule has 8 atom stereocenters. The molecule has 0 aromatic heterocycles. The number of amides is 1. The number of aliphatic hydroxyl groups is 8. The molecular weight excluding hydrogens is 294 g/mol. The number of aliphatic hydroxyl groups excluding tert-OH is 8. The fraction of sp³-hybridized carbons (Fsp3) is 0.800. The Morgan fingerprint density at radius 3 is 1.38 bits per heavy atom. The molecule has 0 saturated heterocycles. The maximum absolute atomic E-state index is 10.5. The van der Waals surface area contributed by atoms with Gasteiger partial charge in [0.1, 0.15) is 42.7 Å². The monoisotopic (exact) mass is 311 g/mol. The molecule has 11 heteroatoms. The van der Waals surface area contributed by atoms with Crippen molar-refractivity contribution in [2.24, 2.45) is 0 Å². The molecule has 0 bridgehead atoms. The highest BCUT2D eigenvalue weighted by Gasteiger charge is 2.41. The van der Waals surface area contributed by atoms with E-state index in [1.165, 1.54) is 0 Å². The second-order valence-corrected chi connectivity index (χ2v) is 4.32. The maximum atomic E-state index is 10.5. The quantitative estimate of drug-likeness (QED) is 0.201. The Morgan fingerprint density at radius 1 is 0.714 bits per heavy atom. The third-order valence-corrected chi connectivity index (χ3v) is 2.79. The van der Waals surface area contributed by atoms with E-state index in [9.17, 15) is 40.2 Å². The second kappa shape index (κ2) is 8.31. The summed E-state index contributed by atoms with van der Waals surface area (Å²) in [4.78, 5) is 20.6. The Kier molecular flexibility index (Phi) is 7.84. The SMILES string of the molecule is [NH]C(=O)[C@H](O)[C@@H](O)[C@H](O)[C@H](O)[C@H](O)[C@@H](O)[C@H](O)[C@H](O)[C]=O. The molecule has 0 saturated carbocycles. The van der Waals surface area contributed by atoms with Crippen LogP contribution in [-0.2, 0) is 9.59 Å². The van der Waals surface area contributed by atoms with Gasteiger partial charge in [0.2, 0.25) is 6.29 Å². The van der Waals surface area contributed by atoms with E-state index >= 15 is 0 Å². The normalized spacial score (nSPS) is 23.2. The maximum Gasteiger partial charge on any atom is 0.270 e. The summed E-state index contributed by atoms with van der Waals surface area (Å²) in [5, 5.41) is 74.1. The van der Waals surface area contributed by atoms with E-state index in [1.54, 1.807) is 0 Å². The Hall–Kier alpha value is -1.18. The molecule has 0 unspecified atom stereocenters. The highest BCUT2D eigenvalue weighted by molar-refractivity contribution is 5.78. The van der Waals surface area contributed by atoms with E-state index < -0.39 is 54.7 Å². The topological polar surface area (TPSA) is 220 Å². The minimum Gasteiger partial charge on any atom is -0.387 e. The van der Waals surface area contributed by atoms with E-state index in [1.807, 2.05) is 0 Å². The number of carbonyl (C=O) groups is 1. The van der Waals surface area contributed by atoms with Gasteiger partial charge < -0.3 is 40.9 Å². The third kappa shape index (κ3) is 4.94. The smallest absolute Gasteiger partial charge is 0.270 e. The lowest BCUT2D eigenvalue weighted by Crippen LogP contribution is -2.57. The van der Waals surface area contributed by atoms with Gasteiger partial charge in [-0.25, -0.2) is 0 Å². The summed E-state index contributed by atoms with van der Waals surface area (Å²) < 4.78 is 0. The zero-order chi connectivity index (χ0) is 16.9. The van der Waals surface area contributed by atoms with Crippen molar-refractivity contribution in [1.29, 1.82) is 0 Å². The summed E-state index contributed by atoms with van der Waals surface area (Å²) in [5.41, 5.74) is 6.52. The van der Waals surface area contributed by atoms with Crippen LogP contribution in [0.4, 0.5) is 0 Å². The van der Waals surface area contributed by atoms with Gasteiger partial charge in [0, 0.05) is 0 Å². The fourth-order valence-corrected chi connectivity index (χ4v) is 1.41. The van der Waals surface area contributed by atoms with E-state index in [0.29, 0.717) is 0 Å². The zero-order valence-electron chi connectivity index (χ0n) is 10.5. The van der Waals surface area contributed by atoms with Gasteiger partial charge in [-0.05, 0) is 0 Å². The minimum atomic E-state index is -2.38. The number of rotatable bonds is 9. The lowest BCUT2D eigenvalue weighted by molar-refractivity contribution is -0.175. The summed E-state index contributed by atoms with van der Waals surface area (Å²) in [7, 11) is 0. The molecule has 0 heterocycles. The van der Waals surface area contributed by atoms with Crippen LogP contribution >= 0.6 is 0 Å². The first-order valence-corrected chi connectivity index (χ1v) is 5.63. The Balaban J connectivity index is 4.86. The van der Waals surface area contributed by atoms with Crippen LogP contribution in [0.3, 0.4) is 0 Å². The molecule has 0 rings (SSSR count). The fourth-order valence-electron chi connectivity index (χ4n) is 1.41. The summed E-state index contributed by atoms with van der Waals surface area (Å²) in [6.07, 6.45) is -17.7. The van der Waals surface area contributed by atoms with Crippen molar-refractivity contribution < 1.29 is 50.4 Å². The summed E-state index contributed by atoms with van der Waals surface area (Å²) in [6, 6.07) is 0. The van der Waals surface area contributed by atoms with Crippen molar-refractivity contribution in [2.75, 3.05) is 0 Å². The molecule has 21 heavy (non-hydrogen) atoms.